The van der Waals surface area contributed by atoms with Crippen molar-refractivity contribution in [3.63, 3.8) is 0 Å². The highest BCUT2D eigenvalue weighted by Crippen LogP contribution is 2.20. The first-order valence-corrected chi connectivity index (χ1v) is 7.47. The van der Waals surface area contributed by atoms with Gasteiger partial charge in [0, 0.05) is 22.3 Å². The molecule has 0 amide bonds. The molecular weight excluding hydrogens is 282 g/mol. The molecule has 90 valence electrons. The predicted molar refractivity (Wildman–Crippen MR) is 78.2 cm³/mol. The van der Waals surface area contributed by atoms with Gasteiger partial charge in [-0.05, 0) is 44.2 Å². The molecule has 0 atom stereocenters. The fourth-order valence-corrected chi connectivity index (χ4v) is 2.00. The van der Waals surface area contributed by atoms with Gasteiger partial charge >= 0.3 is 0 Å². The molecule has 0 bridgehead atoms. The Labute approximate surface area is 112 Å². The van der Waals surface area contributed by atoms with Gasteiger partial charge in [-0.2, -0.15) is 11.8 Å². The Hall–Kier alpha value is 0.01000. The van der Waals surface area contributed by atoms with Gasteiger partial charge in [0.15, 0.2) is 0 Å². The molecule has 0 aliphatic carbocycles. The van der Waals surface area contributed by atoms with E-state index in [1.807, 2.05) is 11.8 Å². The van der Waals surface area contributed by atoms with E-state index in [2.05, 4.69) is 66.5 Å². The molecule has 0 aromatic heterocycles. The van der Waals surface area contributed by atoms with Crippen LogP contribution in [0, 0.1) is 6.92 Å². The van der Waals surface area contributed by atoms with Gasteiger partial charge in [-0.15, -0.1) is 0 Å². The lowest BCUT2D eigenvalue weighted by atomic mass is 10.1. The molecule has 0 aliphatic heterocycles. The van der Waals surface area contributed by atoms with Crippen molar-refractivity contribution in [2.75, 3.05) is 12.8 Å². The SMILES string of the molecule is CSC(C)(C)CNCc1ccc(C)c(Br)c1. The maximum absolute atomic E-state index is 3.56. The lowest BCUT2D eigenvalue weighted by Crippen LogP contribution is -2.31. The minimum atomic E-state index is 0.307. The van der Waals surface area contributed by atoms with Crippen molar-refractivity contribution < 1.29 is 0 Å². The summed E-state index contributed by atoms with van der Waals surface area (Å²) in [6.45, 7) is 8.59. The maximum Gasteiger partial charge on any atom is 0.0225 e. The Morgan fingerprint density at radius 1 is 1.38 bits per heavy atom. The van der Waals surface area contributed by atoms with Gasteiger partial charge < -0.3 is 5.32 Å². The molecule has 0 fully saturated rings. The minimum Gasteiger partial charge on any atom is -0.311 e. The number of hydrogen-bond donors (Lipinski definition) is 1. The number of hydrogen-bond acceptors (Lipinski definition) is 2. The molecule has 0 aliphatic rings. The maximum atomic E-state index is 3.56. The number of nitrogens with one attached hydrogen (secondary N) is 1. The third kappa shape index (κ3) is 4.48. The molecule has 1 nitrogen and oxygen atoms in total. The van der Waals surface area contributed by atoms with Crippen LogP contribution in [-0.2, 0) is 6.54 Å². The molecule has 1 aromatic rings. The van der Waals surface area contributed by atoms with Crippen molar-refractivity contribution in [1.29, 1.82) is 0 Å². The normalized spacial score (nSPS) is 11.8. The van der Waals surface area contributed by atoms with Crippen LogP contribution in [-0.4, -0.2) is 17.5 Å². The summed E-state index contributed by atoms with van der Waals surface area (Å²) in [5.41, 5.74) is 2.61. The summed E-state index contributed by atoms with van der Waals surface area (Å²) < 4.78 is 1.50. The van der Waals surface area contributed by atoms with Crippen LogP contribution in [0.25, 0.3) is 0 Å². The number of halogens is 1. The van der Waals surface area contributed by atoms with Gasteiger partial charge in [0.05, 0.1) is 0 Å². The quantitative estimate of drug-likeness (QED) is 0.882. The van der Waals surface area contributed by atoms with Gasteiger partial charge in [0.2, 0.25) is 0 Å². The van der Waals surface area contributed by atoms with Crippen molar-refractivity contribution in [3.05, 3.63) is 33.8 Å². The molecule has 0 saturated heterocycles. The van der Waals surface area contributed by atoms with Crippen molar-refractivity contribution >= 4 is 27.7 Å². The zero-order chi connectivity index (χ0) is 12.2. The lowest BCUT2D eigenvalue weighted by Gasteiger charge is -2.22. The van der Waals surface area contributed by atoms with Crippen molar-refractivity contribution in [3.8, 4) is 0 Å². The largest absolute Gasteiger partial charge is 0.311 e. The van der Waals surface area contributed by atoms with E-state index in [1.165, 1.54) is 15.6 Å². The van der Waals surface area contributed by atoms with E-state index < -0.39 is 0 Å². The van der Waals surface area contributed by atoms with E-state index in [9.17, 15) is 0 Å². The lowest BCUT2D eigenvalue weighted by molar-refractivity contribution is 0.591. The Kier molecular flexibility index (Phi) is 5.35. The molecule has 1 rings (SSSR count). The molecule has 0 spiro atoms. The smallest absolute Gasteiger partial charge is 0.0225 e. The second kappa shape index (κ2) is 6.08. The van der Waals surface area contributed by atoms with Crippen LogP contribution in [0.5, 0.6) is 0 Å². The van der Waals surface area contributed by atoms with Crippen LogP contribution >= 0.6 is 27.7 Å². The van der Waals surface area contributed by atoms with E-state index in [0.29, 0.717) is 4.75 Å². The third-order valence-electron chi connectivity index (χ3n) is 2.67. The summed E-state index contributed by atoms with van der Waals surface area (Å²) in [6.07, 6.45) is 2.16. The van der Waals surface area contributed by atoms with E-state index in [-0.39, 0.29) is 0 Å². The standard InChI is InChI=1S/C13H20BrNS/c1-10-5-6-11(7-12(10)14)8-15-9-13(2,3)16-4/h5-7,15H,8-9H2,1-4H3. The monoisotopic (exact) mass is 301 g/mol. The molecule has 3 heteroatoms. The number of benzene rings is 1. The summed E-state index contributed by atoms with van der Waals surface area (Å²) in [4.78, 5) is 0. The van der Waals surface area contributed by atoms with Gasteiger partial charge in [0.1, 0.15) is 0 Å². The molecule has 1 aromatic carbocycles. The molecular formula is C13H20BrNS. The Morgan fingerprint density at radius 3 is 2.62 bits per heavy atom. The van der Waals surface area contributed by atoms with Gasteiger partial charge in [-0.3, -0.25) is 0 Å². The summed E-state index contributed by atoms with van der Waals surface area (Å²) in [7, 11) is 0. The van der Waals surface area contributed by atoms with Crippen LogP contribution in [0.15, 0.2) is 22.7 Å². The minimum absolute atomic E-state index is 0.307. The zero-order valence-electron chi connectivity index (χ0n) is 10.4. The fraction of sp³-hybridized carbons (Fsp3) is 0.538. The topological polar surface area (TPSA) is 12.0 Å². The van der Waals surface area contributed by atoms with Crippen molar-refractivity contribution in [2.45, 2.75) is 32.1 Å². The first-order chi connectivity index (χ1) is 7.44. The number of thioether (sulfide) groups is 1. The molecule has 16 heavy (non-hydrogen) atoms. The molecule has 0 unspecified atom stereocenters. The second-order valence-corrected chi connectivity index (χ2v) is 7.02. The highest BCUT2D eigenvalue weighted by molar-refractivity contribution is 9.10. The van der Waals surface area contributed by atoms with Crippen LogP contribution in [0.4, 0.5) is 0 Å². The Bertz CT molecular complexity index is 350. The number of rotatable bonds is 5. The highest BCUT2D eigenvalue weighted by atomic mass is 79.9. The van der Waals surface area contributed by atoms with E-state index >= 15 is 0 Å². The van der Waals surface area contributed by atoms with Gasteiger partial charge in [-0.25, -0.2) is 0 Å². The zero-order valence-corrected chi connectivity index (χ0v) is 12.8. The molecule has 0 radical (unpaired) electrons. The predicted octanol–water partition coefficient (Wildman–Crippen LogP) is 3.99. The highest BCUT2D eigenvalue weighted by Gasteiger charge is 2.14. The third-order valence-corrected chi connectivity index (χ3v) is 4.77. The average Bonchev–Trinajstić information content (AvgIpc) is 2.23. The first kappa shape index (κ1) is 14.1. The molecule has 1 N–H and O–H groups in total. The summed E-state index contributed by atoms with van der Waals surface area (Å²) in [6, 6.07) is 6.52. The van der Waals surface area contributed by atoms with Crippen molar-refractivity contribution in [1.82, 2.24) is 5.32 Å². The fourth-order valence-electron chi connectivity index (χ4n) is 1.33. The van der Waals surface area contributed by atoms with E-state index in [1.54, 1.807) is 0 Å². The van der Waals surface area contributed by atoms with Gasteiger partial charge in [0.25, 0.3) is 0 Å². The van der Waals surface area contributed by atoms with Crippen LogP contribution in [0.1, 0.15) is 25.0 Å². The van der Waals surface area contributed by atoms with Crippen LogP contribution in [0.3, 0.4) is 0 Å². The summed E-state index contributed by atoms with van der Waals surface area (Å²) in [5.74, 6) is 0. The average molecular weight is 302 g/mol. The van der Waals surface area contributed by atoms with Crippen molar-refractivity contribution in [2.24, 2.45) is 0 Å². The van der Waals surface area contributed by atoms with E-state index in [0.717, 1.165) is 13.1 Å². The first-order valence-electron chi connectivity index (χ1n) is 5.45. The van der Waals surface area contributed by atoms with Gasteiger partial charge in [-0.1, -0.05) is 28.1 Å². The molecule has 0 saturated carbocycles. The summed E-state index contributed by atoms with van der Waals surface area (Å²) in [5, 5.41) is 3.50. The van der Waals surface area contributed by atoms with Crippen LogP contribution < -0.4 is 5.32 Å². The second-order valence-electron chi connectivity index (χ2n) is 4.65. The molecule has 0 heterocycles. The Balaban J connectivity index is 2.46. The number of aryl methyl sites for hydroxylation is 1. The summed E-state index contributed by atoms with van der Waals surface area (Å²) >= 11 is 5.46. The Morgan fingerprint density at radius 2 is 2.06 bits per heavy atom. The van der Waals surface area contributed by atoms with E-state index in [4.69, 9.17) is 0 Å². The van der Waals surface area contributed by atoms with Crippen LogP contribution in [0.2, 0.25) is 0 Å².